The Balaban J connectivity index is 1.76. The van der Waals surface area contributed by atoms with Crippen LogP contribution < -0.4 is 4.74 Å². The lowest BCUT2D eigenvalue weighted by Gasteiger charge is -2.10. The highest BCUT2D eigenvalue weighted by Gasteiger charge is 2.15. The van der Waals surface area contributed by atoms with Crippen molar-refractivity contribution in [1.82, 2.24) is 4.98 Å². The zero-order valence-electron chi connectivity index (χ0n) is 12.4. The van der Waals surface area contributed by atoms with Crippen LogP contribution in [0.3, 0.4) is 0 Å². The number of azo groups is 1. The lowest BCUT2D eigenvalue weighted by atomic mass is 10.2. The van der Waals surface area contributed by atoms with E-state index >= 15 is 0 Å². The molecule has 1 amide bonds. The summed E-state index contributed by atoms with van der Waals surface area (Å²) in [4.78, 5) is 14.8. The molecular weight excluding hydrogens is 294 g/mol. The molecule has 0 unspecified atom stereocenters. The normalized spacial score (nSPS) is 12.6. The first-order chi connectivity index (χ1) is 11.1. The molecule has 6 heteroatoms. The summed E-state index contributed by atoms with van der Waals surface area (Å²) in [6, 6.07) is 16.2. The van der Waals surface area contributed by atoms with Crippen molar-refractivity contribution in [2.24, 2.45) is 10.2 Å². The summed E-state index contributed by atoms with van der Waals surface area (Å²) in [6.07, 6.45) is -0.770. The number of H-pyrrole nitrogens is 1. The number of nitrogens with one attached hydrogen (secondary N) is 1. The quantitative estimate of drug-likeness (QED) is 0.715. The fourth-order valence-corrected chi connectivity index (χ4v) is 2.15. The van der Waals surface area contributed by atoms with Gasteiger partial charge >= 0.3 is 5.91 Å². The minimum Gasteiger partial charge on any atom is -0.493 e. The number of amides is 1. The third-order valence-corrected chi connectivity index (χ3v) is 3.31. The first kappa shape index (κ1) is 14.8. The van der Waals surface area contributed by atoms with Gasteiger partial charge in [-0.1, -0.05) is 36.4 Å². The van der Waals surface area contributed by atoms with Crippen molar-refractivity contribution in [3.8, 4) is 11.6 Å². The van der Waals surface area contributed by atoms with E-state index in [1.807, 2.05) is 30.3 Å². The highest BCUT2D eigenvalue weighted by Crippen LogP contribution is 2.35. The molecule has 1 atom stereocenters. The minimum atomic E-state index is -0.770. The van der Waals surface area contributed by atoms with Crippen molar-refractivity contribution in [3.05, 3.63) is 54.6 Å². The van der Waals surface area contributed by atoms with Crippen LogP contribution in [0.5, 0.6) is 11.6 Å². The Morgan fingerprint density at radius 1 is 1.13 bits per heavy atom. The van der Waals surface area contributed by atoms with Gasteiger partial charge in [-0.15, -0.1) is 10.2 Å². The second-order valence-corrected chi connectivity index (χ2v) is 4.98. The monoisotopic (exact) mass is 309 g/mol. The first-order valence-electron chi connectivity index (χ1n) is 7.12. The summed E-state index contributed by atoms with van der Waals surface area (Å²) in [5.41, 5.74) is 0.959. The molecule has 0 radical (unpaired) electrons. The van der Waals surface area contributed by atoms with E-state index in [-0.39, 0.29) is 11.6 Å². The predicted octanol–water partition coefficient (Wildman–Crippen LogP) is 3.95. The van der Waals surface area contributed by atoms with E-state index in [0.29, 0.717) is 11.1 Å². The molecule has 0 spiro atoms. The number of aromatic nitrogens is 1. The number of aromatic amines is 1. The van der Waals surface area contributed by atoms with Crippen LogP contribution >= 0.6 is 0 Å². The number of ether oxygens (including phenoxy) is 1. The third kappa shape index (κ3) is 3.21. The average molecular weight is 309 g/mol. The fraction of sp³-hybridized carbons (Fsp3) is 0.118. The van der Waals surface area contributed by atoms with Gasteiger partial charge in [0.2, 0.25) is 5.88 Å². The van der Waals surface area contributed by atoms with E-state index in [9.17, 15) is 9.90 Å². The number of aromatic hydroxyl groups is 1. The molecule has 116 valence electrons. The van der Waals surface area contributed by atoms with Gasteiger partial charge < -0.3 is 14.8 Å². The summed E-state index contributed by atoms with van der Waals surface area (Å²) >= 11 is 0. The highest BCUT2D eigenvalue weighted by molar-refractivity contribution is 5.94. The van der Waals surface area contributed by atoms with Gasteiger partial charge in [0.05, 0.1) is 5.52 Å². The summed E-state index contributed by atoms with van der Waals surface area (Å²) in [5, 5.41) is 18.1. The van der Waals surface area contributed by atoms with Crippen LogP contribution in [0.4, 0.5) is 5.69 Å². The SMILES string of the molecule is C[C@H](Oc1ccccc1)C(=O)N=Nc1c(O)[nH]c2ccccc12. The Morgan fingerprint density at radius 3 is 2.61 bits per heavy atom. The van der Waals surface area contributed by atoms with Crippen LogP contribution in [0.1, 0.15) is 6.92 Å². The Labute approximate surface area is 132 Å². The number of rotatable bonds is 4. The van der Waals surface area contributed by atoms with Crippen molar-refractivity contribution in [3.63, 3.8) is 0 Å². The molecule has 0 bridgehead atoms. The van der Waals surface area contributed by atoms with Crippen LogP contribution in [0.2, 0.25) is 0 Å². The molecule has 1 heterocycles. The largest absolute Gasteiger partial charge is 0.493 e. The van der Waals surface area contributed by atoms with Gasteiger partial charge in [-0.05, 0) is 25.1 Å². The van der Waals surface area contributed by atoms with Crippen molar-refractivity contribution in [2.75, 3.05) is 0 Å². The number of benzene rings is 2. The molecule has 0 fully saturated rings. The van der Waals surface area contributed by atoms with Gasteiger partial charge in [0, 0.05) is 5.39 Å². The summed E-state index contributed by atoms with van der Waals surface area (Å²) in [7, 11) is 0. The lowest BCUT2D eigenvalue weighted by Crippen LogP contribution is -2.21. The van der Waals surface area contributed by atoms with Crippen LogP contribution in [0.15, 0.2) is 64.8 Å². The Kier molecular flexibility index (Phi) is 4.05. The topological polar surface area (TPSA) is 87.0 Å². The van der Waals surface area contributed by atoms with Gasteiger partial charge in [-0.2, -0.15) is 0 Å². The maximum absolute atomic E-state index is 12.0. The molecular formula is C17H15N3O3. The van der Waals surface area contributed by atoms with Crippen LogP contribution in [-0.2, 0) is 4.79 Å². The number of carbonyl (C=O) groups excluding carboxylic acids is 1. The van der Waals surface area contributed by atoms with Gasteiger partial charge in [-0.3, -0.25) is 4.79 Å². The van der Waals surface area contributed by atoms with Gasteiger partial charge in [0.1, 0.15) is 5.75 Å². The summed E-state index contributed by atoms with van der Waals surface area (Å²) in [5.74, 6) is -0.0728. The highest BCUT2D eigenvalue weighted by atomic mass is 16.5. The zero-order valence-corrected chi connectivity index (χ0v) is 12.4. The molecule has 0 saturated heterocycles. The zero-order chi connectivity index (χ0) is 16.2. The maximum Gasteiger partial charge on any atom is 0.304 e. The standard InChI is InChI=1S/C17H15N3O3/c1-11(23-12-7-3-2-4-8-12)16(21)20-19-15-13-9-5-6-10-14(13)18-17(15)22/h2-11,18,22H,1H3/t11-/m0/s1. The molecule has 3 rings (SSSR count). The van der Waals surface area contributed by atoms with Gasteiger partial charge in [0.15, 0.2) is 11.8 Å². The smallest absolute Gasteiger partial charge is 0.304 e. The second kappa shape index (κ2) is 6.31. The van der Waals surface area contributed by atoms with Gasteiger partial charge in [0.25, 0.3) is 0 Å². The van der Waals surface area contributed by atoms with Crippen LogP contribution in [0.25, 0.3) is 10.9 Å². The number of fused-ring (bicyclic) bond motifs is 1. The van der Waals surface area contributed by atoms with Crippen LogP contribution in [0, 0.1) is 0 Å². The molecule has 1 aromatic heterocycles. The molecule has 0 saturated carbocycles. The number of nitrogens with zero attached hydrogens (tertiary/aromatic N) is 2. The summed E-state index contributed by atoms with van der Waals surface area (Å²) in [6.45, 7) is 1.60. The third-order valence-electron chi connectivity index (χ3n) is 3.31. The Hall–Kier alpha value is -3.15. The van der Waals surface area contributed by atoms with Crippen molar-refractivity contribution in [1.29, 1.82) is 0 Å². The molecule has 0 aliphatic heterocycles. The second-order valence-electron chi connectivity index (χ2n) is 4.98. The van der Waals surface area contributed by atoms with E-state index < -0.39 is 12.0 Å². The maximum atomic E-state index is 12.0. The van der Waals surface area contributed by atoms with Gasteiger partial charge in [-0.25, -0.2) is 0 Å². The van der Waals surface area contributed by atoms with E-state index in [1.165, 1.54) is 0 Å². The fourth-order valence-electron chi connectivity index (χ4n) is 2.15. The minimum absolute atomic E-state index is 0.126. The number of carbonyl (C=O) groups is 1. The van der Waals surface area contributed by atoms with Crippen LogP contribution in [-0.4, -0.2) is 22.1 Å². The first-order valence-corrected chi connectivity index (χ1v) is 7.12. The number of hydrogen-bond donors (Lipinski definition) is 2. The molecule has 2 aromatic carbocycles. The molecule has 2 N–H and O–H groups in total. The van der Waals surface area contributed by atoms with E-state index in [4.69, 9.17) is 4.74 Å². The summed E-state index contributed by atoms with van der Waals surface area (Å²) < 4.78 is 5.49. The van der Waals surface area contributed by atoms with Crippen molar-refractivity contribution >= 4 is 22.5 Å². The molecule has 3 aromatic rings. The molecule has 0 aliphatic carbocycles. The number of para-hydroxylation sites is 2. The van der Waals surface area contributed by atoms with Crippen molar-refractivity contribution < 1.29 is 14.6 Å². The predicted molar refractivity (Wildman–Crippen MR) is 86.0 cm³/mol. The van der Waals surface area contributed by atoms with E-state index in [1.54, 1.807) is 31.2 Å². The molecule has 0 aliphatic rings. The Bertz CT molecular complexity index is 856. The molecule has 23 heavy (non-hydrogen) atoms. The van der Waals surface area contributed by atoms with E-state index in [0.717, 1.165) is 5.52 Å². The van der Waals surface area contributed by atoms with E-state index in [2.05, 4.69) is 15.2 Å². The van der Waals surface area contributed by atoms with Crippen molar-refractivity contribution in [2.45, 2.75) is 13.0 Å². The average Bonchev–Trinajstić information content (AvgIpc) is 2.88. The number of hydrogen-bond acceptors (Lipinski definition) is 4. The molecule has 6 nitrogen and oxygen atoms in total. The Morgan fingerprint density at radius 2 is 1.83 bits per heavy atom. The lowest BCUT2D eigenvalue weighted by molar-refractivity contribution is -0.124.